The second kappa shape index (κ2) is 6.35. The van der Waals surface area contributed by atoms with Crippen molar-refractivity contribution in [2.24, 2.45) is 16.1 Å². The Bertz CT molecular complexity index is 257. The van der Waals surface area contributed by atoms with E-state index in [4.69, 9.17) is 5.73 Å². The highest BCUT2D eigenvalue weighted by Crippen LogP contribution is 2.15. The van der Waals surface area contributed by atoms with Gasteiger partial charge in [-0.2, -0.15) is 0 Å². The van der Waals surface area contributed by atoms with E-state index < -0.39 is 5.41 Å². The standard InChI is InChI=1S/C11H24N4O/c1-6-15(7-2)10(12)14-8-11(3,4)9(16)13-5/h6-8H2,1-5H3,(H2,12,14)(H,13,16). The first-order valence-electron chi connectivity index (χ1n) is 5.66. The number of guanidine groups is 1. The molecule has 5 heteroatoms. The zero-order valence-corrected chi connectivity index (χ0v) is 11.0. The quantitative estimate of drug-likeness (QED) is 0.529. The minimum atomic E-state index is -0.521. The van der Waals surface area contributed by atoms with Crippen LogP contribution in [-0.4, -0.2) is 43.4 Å². The number of aliphatic imine (C=N–C) groups is 1. The van der Waals surface area contributed by atoms with Crippen molar-refractivity contribution in [1.82, 2.24) is 10.2 Å². The zero-order valence-electron chi connectivity index (χ0n) is 11.0. The van der Waals surface area contributed by atoms with Crippen LogP contribution in [0.15, 0.2) is 4.99 Å². The van der Waals surface area contributed by atoms with Gasteiger partial charge in [-0.05, 0) is 27.7 Å². The molecule has 0 rings (SSSR count). The van der Waals surface area contributed by atoms with E-state index in [0.717, 1.165) is 13.1 Å². The van der Waals surface area contributed by atoms with Gasteiger partial charge in [-0.3, -0.25) is 9.79 Å². The molecule has 0 heterocycles. The van der Waals surface area contributed by atoms with E-state index in [0.29, 0.717) is 12.5 Å². The van der Waals surface area contributed by atoms with Crippen molar-refractivity contribution in [3.63, 3.8) is 0 Å². The van der Waals surface area contributed by atoms with E-state index in [1.54, 1.807) is 7.05 Å². The number of rotatable bonds is 5. The molecule has 5 nitrogen and oxygen atoms in total. The molecule has 0 unspecified atom stereocenters. The average molecular weight is 228 g/mol. The molecule has 0 fully saturated rings. The predicted octanol–water partition coefficient (Wildman–Crippen LogP) is 0.415. The van der Waals surface area contributed by atoms with E-state index in [1.807, 2.05) is 32.6 Å². The summed E-state index contributed by atoms with van der Waals surface area (Å²) in [5, 5.41) is 2.62. The Hall–Kier alpha value is -1.26. The summed E-state index contributed by atoms with van der Waals surface area (Å²) >= 11 is 0. The van der Waals surface area contributed by atoms with Gasteiger partial charge in [0.15, 0.2) is 5.96 Å². The third-order valence-electron chi connectivity index (χ3n) is 2.57. The Morgan fingerprint density at radius 2 is 1.88 bits per heavy atom. The van der Waals surface area contributed by atoms with Crippen molar-refractivity contribution in [1.29, 1.82) is 0 Å². The zero-order chi connectivity index (χ0) is 12.8. The lowest BCUT2D eigenvalue weighted by Gasteiger charge is -2.23. The number of carbonyl (C=O) groups is 1. The molecule has 0 aromatic heterocycles. The van der Waals surface area contributed by atoms with Crippen LogP contribution in [0, 0.1) is 5.41 Å². The number of nitrogens with one attached hydrogen (secondary N) is 1. The van der Waals surface area contributed by atoms with Gasteiger partial charge in [0.1, 0.15) is 0 Å². The van der Waals surface area contributed by atoms with Crippen LogP contribution in [0.25, 0.3) is 0 Å². The van der Waals surface area contributed by atoms with Crippen LogP contribution in [0.4, 0.5) is 0 Å². The molecule has 0 atom stereocenters. The van der Waals surface area contributed by atoms with Gasteiger partial charge in [-0.1, -0.05) is 0 Å². The van der Waals surface area contributed by atoms with Crippen molar-refractivity contribution >= 4 is 11.9 Å². The molecule has 0 saturated heterocycles. The lowest BCUT2D eigenvalue weighted by molar-refractivity contribution is -0.128. The molecule has 0 spiro atoms. The summed E-state index contributed by atoms with van der Waals surface area (Å²) in [6.07, 6.45) is 0. The lowest BCUT2D eigenvalue weighted by Crippen LogP contribution is -2.40. The van der Waals surface area contributed by atoms with Crippen LogP contribution >= 0.6 is 0 Å². The van der Waals surface area contributed by atoms with E-state index in [2.05, 4.69) is 10.3 Å². The third-order valence-corrected chi connectivity index (χ3v) is 2.57. The van der Waals surface area contributed by atoms with Crippen LogP contribution in [0.1, 0.15) is 27.7 Å². The van der Waals surface area contributed by atoms with Crippen molar-refractivity contribution in [2.75, 3.05) is 26.7 Å². The minimum absolute atomic E-state index is 0.0244. The van der Waals surface area contributed by atoms with Gasteiger partial charge < -0.3 is 16.0 Å². The van der Waals surface area contributed by atoms with Crippen molar-refractivity contribution < 1.29 is 4.79 Å². The van der Waals surface area contributed by atoms with E-state index >= 15 is 0 Å². The summed E-state index contributed by atoms with van der Waals surface area (Å²) in [7, 11) is 1.63. The van der Waals surface area contributed by atoms with Gasteiger partial charge >= 0.3 is 0 Å². The first-order valence-corrected chi connectivity index (χ1v) is 5.66. The molecule has 1 amide bonds. The second-order valence-corrected chi connectivity index (χ2v) is 4.31. The third kappa shape index (κ3) is 4.08. The minimum Gasteiger partial charge on any atom is -0.370 e. The Kier molecular flexibility index (Phi) is 5.85. The fourth-order valence-corrected chi connectivity index (χ4v) is 1.34. The van der Waals surface area contributed by atoms with Crippen LogP contribution < -0.4 is 11.1 Å². The SMILES string of the molecule is CCN(CC)C(N)=NCC(C)(C)C(=O)NC. The van der Waals surface area contributed by atoms with Crippen LogP contribution in [0.5, 0.6) is 0 Å². The van der Waals surface area contributed by atoms with Crippen molar-refractivity contribution in [3.05, 3.63) is 0 Å². The van der Waals surface area contributed by atoms with Gasteiger partial charge in [-0.15, -0.1) is 0 Å². The highest BCUT2D eigenvalue weighted by molar-refractivity contribution is 5.83. The van der Waals surface area contributed by atoms with E-state index in [9.17, 15) is 4.79 Å². The molecule has 0 radical (unpaired) electrons. The molecule has 0 aromatic carbocycles. The van der Waals surface area contributed by atoms with E-state index in [1.165, 1.54) is 0 Å². The molecule has 0 aromatic rings. The molecule has 3 N–H and O–H groups in total. The van der Waals surface area contributed by atoms with Gasteiger partial charge in [0.2, 0.25) is 5.91 Å². The van der Waals surface area contributed by atoms with Crippen molar-refractivity contribution in [3.8, 4) is 0 Å². The van der Waals surface area contributed by atoms with Gasteiger partial charge in [0, 0.05) is 20.1 Å². The van der Waals surface area contributed by atoms with E-state index in [-0.39, 0.29) is 5.91 Å². The molecule has 0 saturated carbocycles. The first-order chi connectivity index (χ1) is 7.38. The molecule has 0 aliphatic carbocycles. The lowest BCUT2D eigenvalue weighted by atomic mass is 9.93. The molecular formula is C11H24N4O. The average Bonchev–Trinajstić information content (AvgIpc) is 2.27. The molecule has 0 aliphatic rings. The summed E-state index contributed by atoms with van der Waals surface area (Å²) in [5.74, 6) is 0.477. The Labute approximate surface area is 98.1 Å². The van der Waals surface area contributed by atoms with Gasteiger partial charge in [0.05, 0.1) is 12.0 Å². The summed E-state index contributed by atoms with van der Waals surface area (Å²) in [6, 6.07) is 0. The first kappa shape index (κ1) is 14.7. The summed E-state index contributed by atoms with van der Waals surface area (Å²) in [5.41, 5.74) is 5.31. The van der Waals surface area contributed by atoms with Gasteiger partial charge in [0.25, 0.3) is 0 Å². The van der Waals surface area contributed by atoms with Crippen LogP contribution in [0.3, 0.4) is 0 Å². The molecule has 16 heavy (non-hydrogen) atoms. The second-order valence-electron chi connectivity index (χ2n) is 4.31. The monoisotopic (exact) mass is 228 g/mol. The maximum atomic E-state index is 11.5. The maximum absolute atomic E-state index is 11.5. The van der Waals surface area contributed by atoms with Crippen LogP contribution in [0.2, 0.25) is 0 Å². The Balaban J connectivity index is 4.51. The summed E-state index contributed by atoms with van der Waals surface area (Å²) < 4.78 is 0. The topological polar surface area (TPSA) is 70.7 Å². The number of nitrogens with two attached hydrogens (primary N) is 1. The fourth-order valence-electron chi connectivity index (χ4n) is 1.34. The normalized spacial score (nSPS) is 12.4. The number of hydrogen-bond donors (Lipinski definition) is 2. The Morgan fingerprint density at radius 3 is 2.25 bits per heavy atom. The predicted molar refractivity (Wildman–Crippen MR) is 67.3 cm³/mol. The highest BCUT2D eigenvalue weighted by atomic mass is 16.2. The number of nitrogens with zero attached hydrogens (tertiary/aromatic N) is 2. The molecular weight excluding hydrogens is 204 g/mol. The number of hydrogen-bond acceptors (Lipinski definition) is 2. The van der Waals surface area contributed by atoms with Gasteiger partial charge in [-0.25, -0.2) is 0 Å². The highest BCUT2D eigenvalue weighted by Gasteiger charge is 2.26. The molecule has 0 bridgehead atoms. The van der Waals surface area contributed by atoms with Crippen LogP contribution in [-0.2, 0) is 4.79 Å². The number of amides is 1. The summed E-state index contributed by atoms with van der Waals surface area (Å²) in [4.78, 5) is 17.7. The Morgan fingerprint density at radius 1 is 1.38 bits per heavy atom. The fraction of sp³-hybridized carbons (Fsp3) is 0.818. The van der Waals surface area contributed by atoms with Crippen molar-refractivity contribution in [2.45, 2.75) is 27.7 Å². The maximum Gasteiger partial charge on any atom is 0.227 e. The molecule has 94 valence electrons. The molecule has 0 aliphatic heterocycles. The largest absolute Gasteiger partial charge is 0.370 e. The summed E-state index contributed by atoms with van der Waals surface area (Å²) in [6.45, 7) is 9.80. The number of carbonyl (C=O) groups excluding carboxylic acids is 1. The smallest absolute Gasteiger partial charge is 0.227 e.